The lowest BCUT2D eigenvalue weighted by molar-refractivity contribution is 0.437. The largest absolute Gasteiger partial charge is 0.424 e. The number of rotatable bonds is 7. The fourth-order valence-corrected chi connectivity index (χ4v) is 4.76. The van der Waals surface area contributed by atoms with Crippen LogP contribution in [0.1, 0.15) is 30.5 Å². The van der Waals surface area contributed by atoms with Gasteiger partial charge in [-0.1, -0.05) is 32.0 Å². The number of nitrogens with zero attached hydrogens (tertiary/aromatic N) is 3. The minimum atomic E-state index is -3.61. The van der Waals surface area contributed by atoms with E-state index in [9.17, 15) is 13.2 Å². The summed E-state index contributed by atoms with van der Waals surface area (Å²) in [5, 5.41) is 0. The summed E-state index contributed by atoms with van der Waals surface area (Å²) in [5.74, 6) is 0.615. The molecule has 0 radical (unpaired) electrons. The first-order valence-electron chi connectivity index (χ1n) is 10.3. The Morgan fingerprint density at radius 3 is 2.31 bits per heavy atom. The van der Waals surface area contributed by atoms with Crippen LogP contribution in [0, 0.1) is 26.7 Å². The summed E-state index contributed by atoms with van der Waals surface area (Å²) >= 11 is 0. The zero-order valence-corrected chi connectivity index (χ0v) is 19.9. The third kappa shape index (κ3) is 5.53. The molecule has 1 N–H and O–H groups in total. The Morgan fingerprint density at radius 1 is 1.06 bits per heavy atom. The fourth-order valence-electron chi connectivity index (χ4n) is 3.38. The molecule has 0 aliphatic carbocycles. The lowest BCUT2D eigenvalue weighted by Crippen LogP contribution is -2.21. The summed E-state index contributed by atoms with van der Waals surface area (Å²) in [6, 6.07) is 9.00. The zero-order valence-electron chi connectivity index (χ0n) is 19.1. The highest BCUT2D eigenvalue weighted by Crippen LogP contribution is 2.29. The Morgan fingerprint density at radius 2 is 1.72 bits per heavy atom. The molecule has 3 rings (SSSR count). The molecule has 0 saturated heterocycles. The van der Waals surface area contributed by atoms with E-state index in [1.54, 1.807) is 26.2 Å². The van der Waals surface area contributed by atoms with Gasteiger partial charge in [0.2, 0.25) is 10.0 Å². The maximum atomic E-state index is 12.5. The predicted molar refractivity (Wildman–Crippen MR) is 126 cm³/mol. The molecule has 0 atom stereocenters. The maximum absolute atomic E-state index is 12.5. The average molecular weight is 457 g/mol. The molecule has 0 unspecified atom stereocenters. The van der Waals surface area contributed by atoms with Gasteiger partial charge in [-0.25, -0.2) is 8.42 Å². The summed E-state index contributed by atoms with van der Waals surface area (Å²) in [6.45, 7) is 9.19. The third-order valence-electron chi connectivity index (χ3n) is 4.78. The van der Waals surface area contributed by atoms with Gasteiger partial charge in [0.05, 0.1) is 11.4 Å². The second-order valence-corrected chi connectivity index (χ2v) is 10.1. The smallest absolute Gasteiger partial charge is 0.324 e. The van der Waals surface area contributed by atoms with Crippen LogP contribution in [0.3, 0.4) is 0 Å². The summed E-state index contributed by atoms with van der Waals surface area (Å²) in [7, 11) is -1.96. The van der Waals surface area contributed by atoms with Crippen LogP contribution in [0.4, 0.5) is 5.82 Å². The van der Waals surface area contributed by atoms with Gasteiger partial charge in [0.25, 0.3) is 5.56 Å². The Bertz CT molecular complexity index is 1270. The van der Waals surface area contributed by atoms with Crippen molar-refractivity contribution < 1.29 is 13.2 Å². The molecule has 0 aliphatic rings. The number of hydrogen-bond acceptors (Lipinski definition) is 6. The van der Waals surface area contributed by atoms with E-state index < -0.39 is 10.0 Å². The van der Waals surface area contributed by atoms with Crippen LogP contribution in [0.2, 0.25) is 0 Å². The number of anilines is 1. The monoisotopic (exact) mass is 456 g/mol. The molecule has 0 spiro atoms. The second-order valence-electron chi connectivity index (χ2n) is 8.35. The summed E-state index contributed by atoms with van der Waals surface area (Å²) in [4.78, 5) is 20.9. The van der Waals surface area contributed by atoms with Crippen LogP contribution < -0.4 is 15.0 Å². The molecule has 0 bridgehead atoms. The van der Waals surface area contributed by atoms with E-state index >= 15 is 0 Å². The predicted octanol–water partition coefficient (Wildman–Crippen LogP) is 3.96. The molecule has 3 aromatic rings. The molecule has 170 valence electrons. The first kappa shape index (κ1) is 23.5. The Hall–Kier alpha value is -3.20. The first-order valence-corrected chi connectivity index (χ1v) is 11.9. The van der Waals surface area contributed by atoms with Crippen molar-refractivity contribution in [3.8, 4) is 23.0 Å². The Kier molecular flexibility index (Phi) is 6.68. The van der Waals surface area contributed by atoms with Gasteiger partial charge in [0.15, 0.2) is 0 Å². The van der Waals surface area contributed by atoms with Gasteiger partial charge in [-0.3, -0.25) is 9.52 Å². The molecule has 0 fully saturated rings. The molecule has 2 heterocycles. The fraction of sp³-hybridized carbons (Fsp3) is 0.348. The van der Waals surface area contributed by atoms with Crippen LogP contribution in [0.25, 0.3) is 11.3 Å². The number of hydrogen-bond donors (Lipinski definition) is 1. The van der Waals surface area contributed by atoms with E-state index in [4.69, 9.17) is 4.74 Å². The number of sulfonamides is 1. The molecule has 0 saturated carbocycles. The van der Waals surface area contributed by atoms with Crippen molar-refractivity contribution in [1.82, 2.24) is 14.5 Å². The van der Waals surface area contributed by atoms with E-state index in [-0.39, 0.29) is 29.1 Å². The summed E-state index contributed by atoms with van der Waals surface area (Å²) in [6.07, 6.45) is 1.65. The van der Waals surface area contributed by atoms with E-state index in [1.807, 2.05) is 45.9 Å². The number of nitrogens with one attached hydrogen (secondary N) is 1. The molecule has 0 aliphatic heterocycles. The van der Waals surface area contributed by atoms with Crippen LogP contribution in [0.15, 0.2) is 41.3 Å². The van der Waals surface area contributed by atoms with E-state index in [1.165, 1.54) is 10.6 Å². The topological polar surface area (TPSA) is 103 Å². The molecular weight excluding hydrogens is 428 g/mol. The standard InChI is InChI=1S/C23H28N4O4S/c1-14(2)13-32(29,30)26-20-11-19(18-10-17(5)22(28)27(6)12-18)24-23(25-20)31-21-15(3)8-7-9-16(21)4/h7-12,14H,13H2,1-6H3,(H,24,25,26). The molecule has 9 heteroatoms. The first-order chi connectivity index (χ1) is 14.9. The number of aromatic nitrogens is 3. The van der Waals surface area contributed by atoms with E-state index in [0.717, 1.165) is 11.1 Å². The van der Waals surface area contributed by atoms with Gasteiger partial charge >= 0.3 is 6.01 Å². The lowest BCUT2D eigenvalue weighted by Gasteiger charge is -2.14. The van der Waals surface area contributed by atoms with Crippen molar-refractivity contribution in [2.45, 2.75) is 34.6 Å². The average Bonchev–Trinajstić information content (AvgIpc) is 2.67. The highest BCUT2D eigenvalue weighted by molar-refractivity contribution is 7.92. The van der Waals surface area contributed by atoms with Crippen LogP contribution in [-0.4, -0.2) is 28.7 Å². The minimum Gasteiger partial charge on any atom is -0.424 e. The molecular formula is C23H28N4O4S. The number of pyridine rings is 1. The minimum absolute atomic E-state index is 0.00801. The number of ether oxygens (including phenoxy) is 1. The van der Waals surface area contributed by atoms with Gasteiger partial charge < -0.3 is 9.30 Å². The Balaban J connectivity index is 2.12. The van der Waals surface area contributed by atoms with Crippen molar-refractivity contribution in [2.24, 2.45) is 13.0 Å². The Labute approximate surface area is 188 Å². The van der Waals surface area contributed by atoms with Crippen molar-refractivity contribution in [3.63, 3.8) is 0 Å². The van der Waals surface area contributed by atoms with Gasteiger partial charge in [-0.05, 0) is 43.9 Å². The normalized spacial score (nSPS) is 11.6. The van der Waals surface area contributed by atoms with Crippen molar-refractivity contribution in [2.75, 3.05) is 10.5 Å². The van der Waals surface area contributed by atoms with Gasteiger partial charge in [0.1, 0.15) is 11.6 Å². The molecule has 8 nitrogen and oxygen atoms in total. The highest BCUT2D eigenvalue weighted by Gasteiger charge is 2.18. The second kappa shape index (κ2) is 9.12. The summed E-state index contributed by atoms with van der Waals surface area (Å²) in [5.41, 5.74) is 3.30. The van der Waals surface area contributed by atoms with Gasteiger partial charge in [0, 0.05) is 30.4 Å². The number of benzene rings is 1. The van der Waals surface area contributed by atoms with E-state index in [0.29, 0.717) is 22.6 Å². The SMILES string of the molecule is Cc1cccc(C)c1Oc1nc(NS(=O)(=O)CC(C)C)cc(-c2cc(C)c(=O)n(C)c2)n1. The van der Waals surface area contributed by atoms with Crippen molar-refractivity contribution >= 4 is 15.8 Å². The molecule has 2 aromatic heterocycles. The van der Waals surface area contributed by atoms with Crippen molar-refractivity contribution in [3.05, 3.63) is 63.6 Å². The van der Waals surface area contributed by atoms with Crippen LogP contribution in [-0.2, 0) is 17.1 Å². The zero-order chi connectivity index (χ0) is 23.6. The maximum Gasteiger partial charge on any atom is 0.324 e. The van der Waals surface area contributed by atoms with E-state index in [2.05, 4.69) is 14.7 Å². The van der Waals surface area contributed by atoms with Crippen molar-refractivity contribution in [1.29, 1.82) is 0 Å². The molecule has 32 heavy (non-hydrogen) atoms. The number of para-hydroxylation sites is 1. The number of aryl methyl sites for hydroxylation is 4. The van der Waals surface area contributed by atoms with Crippen LogP contribution in [0.5, 0.6) is 11.8 Å². The van der Waals surface area contributed by atoms with Crippen LogP contribution >= 0.6 is 0 Å². The van der Waals surface area contributed by atoms with Gasteiger partial charge in [-0.15, -0.1) is 0 Å². The lowest BCUT2D eigenvalue weighted by atomic mass is 10.1. The molecule has 1 aromatic carbocycles. The third-order valence-corrected chi connectivity index (χ3v) is 6.40. The van der Waals surface area contributed by atoms with Gasteiger partial charge in [-0.2, -0.15) is 9.97 Å². The molecule has 0 amide bonds. The summed E-state index contributed by atoms with van der Waals surface area (Å²) < 4.78 is 35.0. The quantitative estimate of drug-likeness (QED) is 0.577. The highest BCUT2D eigenvalue weighted by atomic mass is 32.2.